The minimum absolute atomic E-state index is 0. The van der Waals surface area contributed by atoms with E-state index in [9.17, 15) is 0 Å². The van der Waals surface area contributed by atoms with Crippen LogP contribution in [0.5, 0.6) is 11.5 Å². The Morgan fingerprint density at radius 1 is 1.00 bits per heavy atom. The zero-order valence-electron chi connectivity index (χ0n) is 16.0. The first-order chi connectivity index (χ1) is 13.7. The third-order valence-corrected chi connectivity index (χ3v) is 4.87. The van der Waals surface area contributed by atoms with Gasteiger partial charge in [0.15, 0.2) is 11.5 Å². The summed E-state index contributed by atoms with van der Waals surface area (Å²) in [5.74, 6) is 1.42. The molecule has 0 fully saturated rings. The molecule has 0 saturated heterocycles. The van der Waals surface area contributed by atoms with Crippen molar-refractivity contribution in [1.82, 2.24) is 10.3 Å². The zero-order valence-corrected chi connectivity index (χ0v) is 19.2. The van der Waals surface area contributed by atoms with E-state index in [1.54, 1.807) is 6.20 Å². The van der Waals surface area contributed by atoms with Gasteiger partial charge >= 0.3 is 0 Å². The van der Waals surface area contributed by atoms with Crippen LogP contribution in [0.15, 0.2) is 65.3 Å². The molecule has 0 radical (unpaired) electrons. The second-order valence-electron chi connectivity index (χ2n) is 6.18. The van der Waals surface area contributed by atoms with Crippen LogP contribution in [0.25, 0.3) is 0 Å². The summed E-state index contributed by atoms with van der Waals surface area (Å²) in [6, 6.07) is 17.6. The van der Waals surface area contributed by atoms with Crippen LogP contribution in [0.2, 0.25) is 5.02 Å². The van der Waals surface area contributed by atoms with Crippen LogP contribution in [0.3, 0.4) is 0 Å². The maximum absolute atomic E-state index is 6.03. The van der Waals surface area contributed by atoms with Gasteiger partial charge in [0.1, 0.15) is 6.61 Å². The lowest BCUT2D eigenvalue weighted by Crippen LogP contribution is -2.14. The summed E-state index contributed by atoms with van der Waals surface area (Å²) in [4.78, 5) is 4.32. The van der Waals surface area contributed by atoms with E-state index >= 15 is 0 Å². The number of halogens is 3. The van der Waals surface area contributed by atoms with Gasteiger partial charge < -0.3 is 14.8 Å². The molecule has 7 heteroatoms. The minimum atomic E-state index is 0. The summed E-state index contributed by atoms with van der Waals surface area (Å²) >= 11 is 9.56. The monoisotopic (exact) mass is 496 g/mol. The second-order valence-corrected chi connectivity index (χ2v) is 7.47. The number of pyridine rings is 1. The predicted molar refractivity (Wildman–Crippen MR) is 123 cm³/mol. The lowest BCUT2D eigenvalue weighted by Gasteiger charge is -2.16. The predicted octanol–water partition coefficient (Wildman–Crippen LogP) is 6.19. The number of ether oxygens (including phenoxy) is 2. The van der Waals surface area contributed by atoms with Crippen LogP contribution in [0.4, 0.5) is 0 Å². The quantitative estimate of drug-likeness (QED) is 0.383. The average molecular weight is 498 g/mol. The first-order valence-electron chi connectivity index (χ1n) is 9.08. The third-order valence-electron chi connectivity index (χ3n) is 4.03. The third kappa shape index (κ3) is 7.19. The number of hydrogen-bond donors (Lipinski definition) is 1. The molecule has 0 aliphatic heterocycles. The first-order valence-corrected chi connectivity index (χ1v) is 10.3. The lowest BCUT2D eigenvalue weighted by molar-refractivity contribution is 0.267. The van der Waals surface area contributed by atoms with E-state index in [0.717, 1.165) is 27.0 Å². The van der Waals surface area contributed by atoms with Crippen LogP contribution >= 0.6 is 39.9 Å². The molecule has 0 unspecified atom stereocenters. The summed E-state index contributed by atoms with van der Waals surface area (Å²) < 4.78 is 12.7. The molecule has 4 nitrogen and oxygen atoms in total. The fraction of sp³-hybridized carbons (Fsp3) is 0.227. The molecule has 3 rings (SSSR count). The van der Waals surface area contributed by atoms with E-state index in [-0.39, 0.29) is 12.4 Å². The first kappa shape index (κ1) is 23.5. The smallest absolute Gasteiger partial charge is 0.175 e. The van der Waals surface area contributed by atoms with E-state index in [0.29, 0.717) is 37.1 Å². The Labute approximate surface area is 191 Å². The number of nitrogens with zero attached hydrogens (tertiary/aromatic N) is 1. The molecular formula is C22H23BrCl2N2O2. The van der Waals surface area contributed by atoms with Crippen molar-refractivity contribution in [2.24, 2.45) is 0 Å². The molecule has 1 N–H and O–H groups in total. The number of benzene rings is 2. The van der Waals surface area contributed by atoms with Gasteiger partial charge in [-0.25, -0.2) is 0 Å². The molecule has 0 atom stereocenters. The van der Waals surface area contributed by atoms with E-state index in [4.69, 9.17) is 21.1 Å². The fourth-order valence-electron chi connectivity index (χ4n) is 2.70. The maximum Gasteiger partial charge on any atom is 0.175 e. The van der Waals surface area contributed by atoms with Gasteiger partial charge in [-0.3, -0.25) is 4.98 Å². The number of rotatable bonds is 9. The van der Waals surface area contributed by atoms with Gasteiger partial charge in [-0.1, -0.05) is 29.8 Å². The highest BCUT2D eigenvalue weighted by Crippen LogP contribution is 2.37. The minimum Gasteiger partial charge on any atom is -0.490 e. The summed E-state index contributed by atoms with van der Waals surface area (Å²) in [6.45, 7) is 4.37. The Kier molecular flexibility index (Phi) is 9.74. The number of aromatic nitrogens is 1. The summed E-state index contributed by atoms with van der Waals surface area (Å²) in [5.41, 5.74) is 3.15. The molecule has 1 aromatic heterocycles. The van der Waals surface area contributed by atoms with Crippen molar-refractivity contribution in [3.8, 4) is 11.5 Å². The summed E-state index contributed by atoms with van der Waals surface area (Å²) in [5, 5.41) is 4.12. The zero-order chi connectivity index (χ0) is 19.8. The molecule has 0 bridgehead atoms. The average Bonchev–Trinajstić information content (AvgIpc) is 2.70. The number of hydrogen-bond acceptors (Lipinski definition) is 4. The Morgan fingerprint density at radius 3 is 2.48 bits per heavy atom. The molecule has 3 aromatic rings. The van der Waals surface area contributed by atoms with Gasteiger partial charge in [-0.15, -0.1) is 12.4 Å². The Bertz CT molecular complexity index is 893. The van der Waals surface area contributed by atoms with Crippen molar-refractivity contribution in [1.29, 1.82) is 0 Å². The topological polar surface area (TPSA) is 43.4 Å². The molecule has 29 heavy (non-hydrogen) atoms. The lowest BCUT2D eigenvalue weighted by atomic mass is 10.2. The molecule has 0 spiro atoms. The van der Waals surface area contributed by atoms with Crippen molar-refractivity contribution in [3.63, 3.8) is 0 Å². The fourth-order valence-corrected chi connectivity index (χ4v) is 3.43. The largest absolute Gasteiger partial charge is 0.490 e. The van der Waals surface area contributed by atoms with Gasteiger partial charge in [0, 0.05) is 24.3 Å². The van der Waals surface area contributed by atoms with Gasteiger partial charge in [-0.2, -0.15) is 0 Å². The SMILES string of the molecule is CCOc1cc(CNCc2ccccn2)cc(Br)c1OCc1ccc(Cl)cc1.Cl. The Morgan fingerprint density at radius 2 is 1.79 bits per heavy atom. The van der Waals surface area contributed by atoms with Crippen molar-refractivity contribution >= 4 is 39.9 Å². The molecule has 2 aromatic carbocycles. The highest BCUT2D eigenvalue weighted by atomic mass is 79.9. The van der Waals surface area contributed by atoms with Gasteiger partial charge in [0.05, 0.1) is 16.8 Å². The van der Waals surface area contributed by atoms with Crippen molar-refractivity contribution < 1.29 is 9.47 Å². The molecule has 0 aliphatic rings. The summed E-state index contributed by atoms with van der Waals surface area (Å²) in [6.07, 6.45) is 1.80. The van der Waals surface area contributed by atoms with Crippen LogP contribution in [0.1, 0.15) is 23.7 Å². The van der Waals surface area contributed by atoms with Crippen molar-refractivity contribution in [2.75, 3.05) is 6.61 Å². The molecule has 154 valence electrons. The molecule has 1 heterocycles. The van der Waals surface area contributed by atoms with E-state index < -0.39 is 0 Å². The van der Waals surface area contributed by atoms with Gasteiger partial charge in [0.25, 0.3) is 0 Å². The van der Waals surface area contributed by atoms with Crippen LogP contribution in [0, 0.1) is 0 Å². The van der Waals surface area contributed by atoms with Crippen molar-refractivity contribution in [3.05, 3.63) is 87.1 Å². The van der Waals surface area contributed by atoms with E-state index in [1.165, 1.54) is 0 Å². The highest BCUT2D eigenvalue weighted by Gasteiger charge is 2.13. The van der Waals surface area contributed by atoms with Crippen molar-refractivity contribution in [2.45, 2.75) is 26.6 Å². The standard InChI is InChI=1S/C22H22BrClN2O2.ClH/c1-2-27-21-12-17(13-25-14-19-5-3-4-10-26-19)11-20(23)22(21)28-15-16-6-8-18(24)9-7-16;/h3-12,25H,2,13-15H2,1H3;1H. The van der Waals surface area contributed by atoms with Crippen LogP contribution < -0.4 is 14.8 Å². The normalized spacial score (nSPS) is 10.3. The Balaban J connectivity index is 0.00000300. The molecule has 0 saturated carbocycles. The van der Waals surface area contributed by atoms with E-state index in [1.807, 2.05) is 61.5 Å². The molecule has 0 aliphatic carbocycles. The molecular weight excluding hydrogens is 475 g/mol. The molecule has 0 amide bonds. The van der Waals surface area contributed by atoms with Gasteiger partial charge in [-0.05, 0) is 70.4 Å². The van der Waals surface area contributed by atoms with E-state index in [2.05, 4.69) is 26.2 Å². The maximum atomic E-state index is 6.03. The number of nitrogens with one attached hydrogen (secondary N) is 1. The van der Waals surface area contributed by atoms with Gasteiger partial charge in [0.2, 0.25) is 0 Å². The van der Waals surface area contributed by atoms with Crippen LogP contribution in [-0.4, -0.2) is 11.6 Å². The Hall–Kier alpha value is -1.79. The summed E-state index contributed by atoms with van der Waals surface area (Å²) in [7, 11) is 0. The van der Waals surface area contributed by atoms with Crippen LogP contribution in [-0.2, 0) is 19.7 Å². The highest BCUT2D eigenvalue weighted by molar-refractivity contribution is 9.10. The second kappa shape index (κ2) is 12.0.